The van der Waals surface area contributed by atoms with Gasteiger partial charge in [0.05, 0.1) is 12.4 Å². The number of benzene rings is 1. The first-order valence-electron chi connectivity index (χ1n) is 5.15. The van der Waals surface area contributed by atoms with E-state index in [1.807, 2.05) is 12.1 Å². The molecule has 0 saturated heterocycles. The quantitative estimate of drug-likeness (QED) is 0.392. The molecular weight excluding hydrogens is 425 g/mol. The standard InChI is InChI=1S/C11H9BrIN5O/c12-7-2-1-6(3-8(7)13)17-11(19)9-4-16-10(18-14)5-15-9/h1-5H,14H2,(H,16,18)(H,17,19). The normalized spacial score (nSPS) is 10.1. The maximum atomic E-state index is 11.9. The van der Waals surface area contributed by atoms with E-state index in [0.29, 0.717) is 11.5 Å². The Morgan fingerprint density at radius 2 is 2.11 bits per heavy atom. The average Bonchev–Trinajstić information content (AvgIpc) is 2.43. The van der Waals surface area contributed by atoms with Crippen LogP contribution in [0.1, 0.15) is 10.5 Å². The van der Waals surface area contributed by atoms with Gasteiger partial charge in [0.1, 0.15) is 5.69 Å². The fourth-order valence-corrected chi connectivity index (χ4v) is 2.05. The Labute approximate surface area is 131 Å². The Bertz CT molecular complexity index is 605. The van der Waals surface area contributed by atoms with E-state index in [-0.39, 0.29) is 11.6 Å². The highest BCUT2D eigenvalue weighted by Gasteiger charge is 2.09. The van der Waals surface area contributed by atoms with Crippen LogP contribution in [0.15, 0.2) is 35.1 Å². The van der Waals surface area contributed by atoms with Gasteiger partial charge in [-0.05, 0) is 56.7 Å². The van der Waals surface area contributed by atoms with Gasteiger partial charge < -0.3 is 10.7 Å². The number of halogens is 2. The molecule has 0 spiro atoms. The van der Waals surface area contributed by atoms with E-state index in [4.69, 9.17) is 5.84 Å². The van der Waals surface area contributed by atoms with Gasteiger partial charge in [0.15, 0.2) is 5.82 Å². The van der Waals surface area contributed by atoms with Gasteiger partial charge in [-0.1, -0.05) is 0 Å². The minimum absolute atomic E-state index is 0.219. The third-order valence-electron chi connectivity index (χ3n) is 2.21. The first kappa shape index (κ1) is 14.2. The molecule has 0 bridgehead atoms. The van der Waals surface area contributed by atoms with Gasteiger partial charge in [0.2, 0.25) is 0 Å². The summed E-state index contributed by atoms with van der Waals surface area (Å²) in [7, 11) is 0. The molecule has 8 heteroatoms. The highest BCUT2D eigenvalue weighted by molar-refractivity contribution is 14.1. The zero-order valence-corrected chi connectivity index (χ0v) is 13.3. The molecule has 0 aliphatic rings. The molecule has 0 saturated carbocycles. The summed E-state index contributed by atoms with van der Waals surface area (Å²) in [5, 5.41) is 2.75. The smallest absolute Gasteiger partial charge is 0.275 e. The summed E-state index contributed by atoms with van der Waals surface area (Å²) in [6.07, 6.45) is 2.74. The molecule has 1 amide bonds. The van der Waals surface area contributed by atoms with Crippen LogP contribution < -0.4 is 16.6 Å². The first-order chi connectivity index (χ1) is 9.10. The number of nitrogens with two attached hydrogens (primary N) is 1. The van der Waals surface area contributed by atoms with Crippen molar-refractivity contribution in [3.63, 3.8) is 0 Å². The van der Waals surface area contributed by atoms with E-state index in [1.165, 1.54) is 12.4 Å². The zero-order chi connectivity index (χ0) is 13.8. The number of amides is 1. The van der Waals surface area contributed by atoms with E-state index in [9.17, 15) is 4.79 Å². The molecular formula is C11H9BrIN5O. The molecule has 19 heavy (non-hydrogen) atoms. The van der Waals surface area contributed by atoms with E-state index >= 15 is 0 Å². The van der Waals surface area contributed by atoms with E-state index in [1.54, 1.807) is 6.07 Å². The van der Waals surface area contributed by atoms with Crippen molar-refractivity contribution in [2.75, 3.05) is 10.7 Å². The number of aromatic nitrogens is 2. The zero-order valence-electron chi connectivity index (χ0n) is 9.52. The number of hydrogen-bond donors (Lipinski definition) is 3. The van der Waals surface area contributed by atoms with Crippen LogP contribution >= 0.6 is 38.5 Å². The summed E-state index contributed by atoms with van der Waals surface area (Å²) >= 11 is 5.57. The molecule has 0 fully saturated rings. The third-order valence-corrected chi connectivity index (χ3v) is 4.54. The van der Waals surface area contributed by atoms with Crippen molar-refractivity contribution in [3.8, 4) is 0 Å². The Hall–Kier alpha value is -1.26. The Kier molecular flexibility index (Phi) is 4.66. The Morgan fingerprint density at radius 1 is 1.32 bits per heavy atom. The highest BCUT2D eigenvalue weighted by Crippen LogP contribution is 2.22. The number of hydrogen-bond acceptors (Lipinski definition) is 5. The number of rotatable bonds is 3. The molecule has 6 nitrogen and oxygen atoms in total. The number of carbonyl (C=O) groups is 1. The summed E-state index contributed by atoms with van der Waals surface area (Å²) in [4.78, 5) is 19.8. The van der Waals surface area contributed by atoms with Crippen LogP contribution in [0.4, 0.5) is 11.5 Å². The monoisotopic (exact) mass is 433 g/mol. The lowest BCUT2D eigenvalue weighted by Crippen LogP contribution is -2.15. The summed E-state index contributed by atoms with van der Waals surface area (Å²) < 4.78 is 1.98. The first-order valence-corrected chi connectivity index (χ1v) is 7.02. The van der Waals surface area contributed by atoms with Crippen molar-refractivity contribution in [3.05, 3.63) is 44.3 Å². The lowest BCUT2D eigenvalue weighted by Gasteiger charge is -2.06. The van der Waals surface area contributed by atoms with Crippen LogP contribution in [0.3, 0.4) is 0 Å². The maximum Gasteiger partial charge on any atom is 0.275 e. The molecule has 1 aromatic carbocycles. The second kappa shape index (κ2) is 6.26. The van der Waals surface area contributed by atoms with Crippen molar-refractivity contribution in [1.29, 1.82) is 0 Å². The topological polar surface area (TPSA) is 92.9 Å². The molecule has 0 aliphatic carbocycles. The Morgan fingerprint density at radius 3 is 2.68 bits per heavy atom. The molecule has 0 atom stereocenters. The molecule has 2 rings (SSSR count). The molecule has 1 heterocycles. The van der Waals surface area contributed by atoms with Crippen LogP contribution in [0.25, 0.3) is 0 Å². The molecule has 4 N–H and O–H groups in total. The van der Waals surface area contributed by atoms with Crippen molar-refractivity contribution >= 4 is 55.9 Å². The predicted octanol–water partition coefficient (Wildman–Crippen LogP) is 2.38. The van der Waals surface area contributed by atoms with Gasteiger partial charge in [-0.25, -0.2) is 15.8 Å². The van der Waals surface area contributed by atoms with Gasteiger partial charge in [-0.15, -0.1) is 0 Å². The van der Waals surface area contributed by atoms with E-state index in [2.05, 4.69) is 59.2 Å². The van der Waals surface area contributed by atoms with E-state index in [0.717, 1.165) is 8.04 Å². The summed E-state index contributed by atoms with van der Waals surface area (Å²) in [5.41, 5.74) is 3.26. The van der Waals surface area contributed by atoms with Crippen LogP contribution in [-0.2, 0) is 0 Å². The molecule has 1 aromatic heterocycles. The lowest BCUT2D eigenvalue weighted by molar-refractivity contribution is 0.102. The molecule has 0 unspecified atom stereocenters. The minimum Gasteiger partial charge on any atom is -0.321 e. The number of anilines is 2. The maximum absolute atomic E-state index is 11.9. The van der Waals surface area contributed by atoms with Crippen LogP contribution in [0, 0.1) is 3.57 Å². The third kappa shape index (κ3) is 3.61. The van der Waals surface area contributed by atoms with Gasteiger partial charge in [-0.2, -0.15) is 0 Å². The summed E-state index contributed by atoms with van der Waals surface area (Å²) in [5.74, 6) is 5.25. The van der Waals surface area contributed by atoms with E-state index < -0.39 is 0 Å². The van der Waals surface area contributed by atoms with Crippen molar-refractivity contribution in [2.45, 2.75) is 0 Å². The summed E-state index contributed by atoms with van der Waals surface area (Å²) in [6, 6.07) is 5.52. The molecule has 98 valence electrons. The van der Waals surface area contributed by atoms with Gasteiger partial charge in [0.25, 0.3) is 5.91 Å². The SMILES string of the molecule is NNc1cnc(C(=O)Nc2ccc(Br)c(I)c2)cn1. The fourth-order valence-electron chi connectivity index (χ4n) is 1.29. The highest BCUT2D eigenvalue weighted by atomic mass is 127. The molecule has 0 radical (unpaired) electrons. The molecule has 0 aliphatic heterocycles. The number of carbonyl (C=O) groups excluding carboxylic acids is 1. The second-order valence-electron chi connectivity index (χ2n) is 3.51. The van der Waals surface area contributed by atoms with Gasteiger partial charge in [-0.3, -0.25) is 4.79 Å². The summed E-state index contributed by atoms with van der Waals surface area (Å²) in [6.45, 7) is 0. The van der Waals surface area contributed by atoms with Crippen LogP contribution in [0.2, 0.25) is 0 Å². The second-order valence-corrected chi connectivity index (χ2v) is 5.53. The fraction of sp³-hybridized carbons (Fsp3) is 0. The number of hydrazine groups is 1. The van der Waals surface area contributed by atoms with Gasteiger partial charge in [0, 0.05) is 13.7 Å². The lowest BCUT2D eigenvalue weighted by atomic mass is 10.3. The minimum atomic E-state index is -0.325. The predicted molar refractivity (Wildman–Crippen MR) is 84.7 cm³/mol. The van der Waals surface area contributed by atoms with Crippen molar-refractivity contribution < 1.29 is 4.79 Å². The van der Waals surface area contributed by atoms with Crippen LogP contribution in [0.5, 0.6) is 0 Å². The largest absolute Gasteiger partial charge is 0.321 e. The Balaban J connectivity index is 2.13. The van der Waals surface area contributed by atoms with Crippen molar-refractivity contribution in [1.82, 2.24) is 9.97 Å². The number of nitrogen functional groups attached to an aromatic ring is 1. The number of nitrogens with zero attached hydrogens (tertiary/aromatic N) is 2. The molecule has 2 aromatic rings. The van der Waals surface area contributed by atoms with Crippen molar-refractivity contribution in [2.24, 2.45) is 5.84 Å². The average molecular weight is 434 g/mol. The van der Waals surface area contributed by atoms with Gasteiger partial charge >= 0.3 is 0 Å². The number of nitrogens with one attached hydrogen (secondary N) is 2. The van der Waals surface area contributed by atoms with Crippen LogP contribution in [-0.4, -0.2) is 15.9 Å².